The number of methoxy groups -OCH3 is 1. The van der Waals surface area contributed by atoms with Crippen molar-refractivity contribution in [2.24, 2.45) is 0 Å². The van der Waals surface area contributed by atoms with Crippen molar-refractivity contribution in [3.63, 3.8) is 0 Å². The van der Waals surface area contributed by atoms with Crippen molar-refractivity contribution in [1.29, 1.82) is 0 Å². The zero-order chi connectivity index (χ0) is 11.4. The van der Waals surface area contributed by atoms with Crippen molar-refractivity contribution in [2.75, 3.05) is 7.11 Å². The van der Waals surface area contributed by atoms with Crippen LogP contribution < -0.4 is 0 Å². The van der Waals surface area contributed by atoms with Crippen molar-refractivity contribution in [1.82, 2.24) is 0 Å². The Hall–Kier alpha value is -0.740. The lowest BCUT2D eigenvalue weighted by molar-refractivity contribution is -0.128. The Bertz CT molecular complexity index is 366. The molecule has 0 spiro atoms. The van der Waals surface area contributed by atoms with Crippen LogP contribution in [-0.4, -0.2) is 12.9 Å². The zero-order valence-electron chi connectivity index (χ0n) is 8.59. The minimum absolute atomic E-state index is 0.0563. The van der Waals surface area contributed by atoms with Crippen molar-refractivity contribution in [3.8, 4) is 0 Å². The molecule has 1 rings (SSSR count). The highest BCUT2D eigenvalue weighted by Crippen LogP contribution is 2.23. The van der Waals surface area contributed by atoms with E-state index in [9.17, 15) is 9.18 Å². The lowest BCUT2D eigenvalue weighted by Crippen LogP contribution is -2.13. The van der Waals surface area contributed by atoms with Crippen LogP contribution in [0, 0.1) is 5.82 Å². The first-order valence-electron chi connectivity index (χ1n) is 4.60. The van der Waals surface area contributed by atoms with Crippen molar-refractivity contribution < 1.29 is 13.9 Å². The number of ether oxygens (including phenoxy) is 1. The van der Waals surface area contributed by atoms with Crippen LogP contribution in [0.5, 0.6) is 0 Å². The molecule has 0 aromatic heterocycles. The molecule has 1 aromatic carbocycles. The molecule has 2 nitrogen and oxygen atoms in total. The number of carbonyl (C=O) groups is 1. The third-order valence-corrected chi connectivity index (χ3v) is 2.77. The van der Waals surface area contributed by atoms with Crippen LogP contribution in [0.2, 0.25) is 0 Å². The quantitative estimate of drug-likeness (QED) is 0.843. The first-order valence-corrected chi connectivity index (χ1v) is 5.40. The average Bonchev–Trinajstić information content (AvgIpc) is 2.24. The second kappa shape index (κ2) is 5.37. The Balaban J connectivity index is 3.02. The van der Waals surface area contributed by atoms with E-state index in [4.69, 9.17) is 4.74 Å². The number of hydrogen-bond acceptors (Lipinski definition) is 2. The topological polar surface area (TPSA) is 26.3 Å². The molecule has 0 amide bonds. The predicted octanol–water partition coefficient (Wildman–Crippen LogP) is 3.25. The van der Waals surface area contributed by atoms with Gasteiger partial charge in [-0.15, -0.1) is 0 Å². The van der Waals surface area contributed by atoms with E-state index in [-0.39, 0.29) is 5.78 Å². The monoisotopic (exact) mass is 274 g/mol. The highest BCUT2D eigenvalue weighted by Gasteiger charge is 2.18. The van der Waals surface area contributed by atoms with Crippen molar-refractivity contribution in [3.05, 3.63) is 34.1 Å². The number of benzene rings is 1. The Morgan fingerprint density at radius 2 is 2.27 bits per heavy atom. The van der Waals surface area contributed by atoms with Crippen LogP contribution in [0.4, 0.5) is 4.39 Å². The zero-order valence-corrected chi connectivity index (χ0v) is 10.2. The molecule has 82 valence electrons. The number of halogens is 2. The van der Waals surface area contributed by atoms with E-state index in [1.54, 1.807) is 19.1 Å². The standard InChI is InChI=1S/C11H12BrFO2/c1-3-10(14)11(15-2)7-4-5-8(12)9(13)6-7/h4-6,11H,3H2,1-2H3. The summed E-state index contributed by atoms with van der Waals surface area (Å²) in [5.74, 6) is -0.447. The maximum atomic E-state index is 13.2. The fourth-order valence-electron chi connectivity index (χ4n) is 1.31. The van der Waals surface area contributed by atoms with Crippen LogP contribution in [0.15, 0.2) is 22.7 Å². The Labute approximate surface area is 96.6 Å². The minimum Gasteiger partial charge on any atom is -0.369 e. The predicted molar refractivity (Wildman–Crippen MR) is 59.1 cm³/mol. The van der Waals surface area contributed by atoms with Gasteiger partial charge in [-0.05, 0) is 33.6 Å². The average molecular weight is 275 g/mol. The van der Waals surface area contributed by atoms with Crippen molar-refractivity contribution in [2.45, 2.75) is 19.4 Å². The van der Waals surface area contributed by atoms with Gasteiger partial charge in [-0.3, -0.25) is 4.79 Å². The minimum atomic E-state index is -0.669. The summed E-state index contributed by atoms with van der Waals surface area (Å²) >= 11 is 3.05. The molecule has 0 saturated heterocycles. The van der Waals surface area contributed by atoms with Gasteiger partial charge in [0.2, 0.25) is 0 Å². The molecular weight excluding hydrogens is 263 g/mol. The van der Waals surface area contributed by atoms with Crippen LogP contribution >= 0.6 is 15.9 Å². The number of carbonyl (C=O) groups excluding carboxylic acids is 1. The molecule has 0 heterocycles. The summed E-state index contributed by atoms with van der Waals surface area (Å²) in [4.78, 5) is 11.5. The van der Waals surface area contributed by atoms with Gasteiger partial charge >= 0.3 is 0 Å². The summed E-state index contributed by atoms with van der Waals surface area (Å²) in [7, 11) is 1.44. The highest BCUT2D eigenvalue weighted by molar-refractivity contribution is 9.10. The van der Waals surface area contributed by atoms with Gasteiger partial charge in [0.05, 0.1) is 4.47 Å². The third-order valence-electron chi connectivity index (χ3n) is 2.12. The van der Waals surface area contributed by atoms with Crippen LogP contribution in [0.3, 0.4) is 0 Å². The molecule has 4 heteroatoms. The second-order valence-electron chi connectivity index (χ2n) is 3.11. The van der Waals surface area contributed by atoms with E-state index < -0.39 is 11.9 Å². The second-order valence-corrected chi connectivity index (χ2v) is 3.96. The number of ketones is 1. The number of hydrogen-bond donors (Lipinski definition) is 0. The molecule has 1 atom stereocenters. The smallest absolute Gasteiger partial charge is 0.165 e. The number of Topliss-reactive ketones (excluding diaryl/α,β-unsaturated/α-hetero) is 1. The molecular formula is C11H12BrFO2. The molecule has 1 aromatic rings. The highest BCUT2D eigenvalue weighted by atomic mass is 79.9. The van der Waals surface area contributed by atoms with Gasteiger partial charge < -0.3 is 4.74 Å². The van der Waals surface area contributed by atoms with Gasteiger partial charge in [-0.2, -0.15) is 0 Å². The molecule has 0 aliphatic heterocycles. The molecule has 0 aliphatic rings. The van der Waals surface area contributed by atoms with Crippen LogP contribution in [-0.2, 0) is 9.53 Å². The Morgan fingerprint density at radius 1 is 1.60 bits per heavy atom. The van der Waals surface area contributed by atoms with Gasteiger partial charge in [0, 0.05) is 13.5 Å². The van der Waals surface area contributed by atoms with E-state index >= 15 is 0 Å². The fraction of sp³-hybridized carbons (Fsp3) is 0.364. The maximum Gasteiger partial charge on any atom is 0.165 e. The van der Waals surface area contributed by atoms with E-state index in [2.05, 4.69) is 15.9 Å². The van der Waals surface area contributed by atoms with Gasteiger partial charge in [0.25, 0.3) is 0 Å². The van der Waals surface area contributed by atoms with Gasteiger partial charge in [-0.25, -0.2) is 4.39 Å². The lowest BCUT2D eigenvalue weighted by atomic mass is 10.0. The normalized spacial score (nSPS) is 12.5. The first kappa shape index (κ1) is 12.3. The summed E-state index contributed by atoms with van der Waals surface area (Å²) < 4.78 is 18.7. The molecule has 0 aliphatic carbocycles. The molecule has 0 radical (unpaired) electrons. The first-order chi connectivity index (χ1) is 7.10. The van der Waals surface area contributed by atoms with E-state index in [1.807, 2.05) is 0 Å². The van der Waals surface area contributed by atoms with Gasteiger partial charge in [0.1, 0.15) is 11.9 Å². The summed E-state index contributed by atoms with van der Waals surface area (Å²) in [6, 6.07) is 4.56. The van der Waals surface area contributed by atoms with Crippen LogP contribution in [0.1, 0.15) is 25.0 Å². The summed E-state index contributed by atoms with van der Waals surface area (Å²) in [5.41, 5.74) is 0.546. The maximum absolute atomic E-state index is 13.2. The van der Waals surface area contributed by atoms with Crippen LogP contribution in [0.25, 0.3) is 0 Å². The molecule has 15 heavy (non-hydrogen) atoms. The summed E-state index contributed by atoms with van der Waals surface area (Å²) in [6.45, 7) is 1.75. The Morgan fingerprint density at radius 3 is 2.73 bits per heavy atom. The van der Waals surface area contributed by atoms with E-state index in [0.717, 1.165) is 0 Å². The summed E-state index contributed by atoms with van der Waals surface area (Å²) in [5, 5.41) is 0. The molecule has 0 N–H and O–H groups in total. The lowest BCUT2D eigenvalue weighted by Gasteiger charge is -2.13. The van der Waals surface area contributed by atoms with Gasteiger partial charge in [0.15, 0.2) is 5.78 Å². The van der Waals surface area contributed by atoms with E-state index in [0.29, 0.717) is 16.5 Å². The van der Waals surface area contributed by atoms with Crippen molar-refractivity contribution >= 4 is 21.7 Å². The van der Waals surface area contributed by atoms with Gasteiger partial charge in [-0.1, -0.05) is 13.0 Å². The largest absolute Gasteiger partial charge is 0.369 e. The molecule has 0 saturated carbocycles. The fourth-order valence-corrected chi connectivity index (χ4v) is 1.56. The van der Waals surface area contributed by atoms with E-state index in [1.165, 1.54) is 13.2 Å². The molecule has 0 bridgehead atoms. The SMILES string of the molecule is CCC(=O)C(OC)c1ccc(Br)c(F)c1. The third kappa shape index (κ3) is 2.86. The molecule has 1 unspecified atom stereocenters. The Kier molecular flexibility index (Phi) is 4.42. The summed E-state index contributed by atoms with van der Waals surface area (Å²) in [6.07, 6.45) is -0.298. The number of rotatable bonds is 4. The molecule has 0 fully saturated rings.